The number of aliphatic carboxylic acids is 1. The highest BCUT2D eigenvalue weighted by molar-refractivity contribution is 5.81. The number of rotatable bonds is 5. The van der Waals surface area contributed by atoms with Crippen LogP contribution in [-0.2, 0) is 9.59 Å². The van der Waals surface area contributed by atoms with Gasteiger partial charge in [0.2, 0.25) is 5.91 Å². The van der Waals surface area contributed by atoms with Gasteiger partial charge >= 0.3 is 5.97 Å². The van der Waals surface area contributed by atoms with Crippen LogP contribution in [0.5, 0.6) is 0 Å². The Morgan fingerprint density at radius 2 is 1.72 bits per heavy atom. The molecule has 0 radical (unpaired) electrons. The molecule has 0 aromatic carbocycles. The Morgan fingerprint density at radius 3 is 2.22 bits per heavy atom. The van der Waals surface area contributed by atoms with E-state index in [1.165, 1.54) is 25.7 Å². The predicted octanol–water partition coefficient (Wildman–Crippen LogP) is 1.28. The maximum atomic E-state index is 11.7. The average molecular weight is 256 g/mol. The topological polar surface area (TPSA) is 78.4 Å². The molecule has 0 heterocycles. The second kappa shape index (κ2) is 6.73. The lowest BCUT2D eigenvalue weighted by Gasteiger charge is -2.22. The summed E-state index contributed by atoms with van der Waals surface area (Å²) in [4.78, 5) is 22.6. The Morgan fingerprint density at radius 1 is 1.17 bits per heavy atom. The van der Waals surface area contributed by atoms with E-state index in [4.69, 9.17) is 5.11 Å². The van der Waals surface area contributed by atoms with Crippen molar-refractivity contribution >= 4 is 11.9 Å². The molecular formula is C13H24N2O3. The van der Waals surface area contributed by atoms with Gasteiger partial charge in [-0.05, 0) is 26.7 Å². The van der Waals surface area contributed by atoms with Gasteiger partial charge in [-0.25, -0.2) is 0 Å². The molecule has 1 aliphatic rings. The van der Waals surface area contributed by atoms with Crippen molar-refractivity contribution in [2.24, 2.45) is 0 Å². The molecule has 0 aliphatic heterocycles. The highest BCUT2D eigenvalue weighted by Crippen LogP contribution is 2.17. The zero-order valence-electron chi connectivity index (χ0n) is 11.3. The minimum Gasteiger partial charge on any atom is -0.480 e. The van der Waals surface area contributed by atoms with Crippen molar-refractivity contribution in [3.05, 3.63) is 0 Å². The maximum Gasteiger partial charge on any atom is 0.323 e. The van der Waals surface area contributed by atoms with E-state index in [1.54, 1.807) is 13.8 Å². The molecule has 3 N–H and O–H groups in total. The summed E-state index contributed by atoms with van der Waals surface area (Å²) in [5.74, 6) is -1.07. The van der Waals surface area contributed by atoms with Crippen LogP contribution < -0.4 is 10.6 Å². The summed E-state index contributed by atoms with van der Waals surface area (Å²) in [5.41, 5.74) is -1.07. The quantitative estimate of drug-likeness (QED) is 0.647. The van der Waals surface area contributed by atoms with Crippen molar-refractivity contribution < 1.29 is 14.7 Å². The lowest BCUT2D eigenvalue weighted by Crippen LogP contribution is -2.51. The minimum absolute atomic E-state index is 0.0514. The van der Waals surface area contributed by atoms with E-state index in [2.05, 4.69) is 10.6 Å². The molecule has 1 rings (SSSR count). The second-order valence-corrected chi connectivity index (χ2v) is 5.54. The molecule has 0 spiro atoms. The summed E-state index contributed by atoms with van der Waals surface area (Å²) >= 11 is 0. The first kappa shape index (κ1) is 15.0. The summed E-state index contributed by atoms with van der Waals surface area (Å²) < 4.78 is 0. The smallest absolute Gasteiger partial charge is 0.323 e. The van der Waals surface area contributed by atoms with Gasteiger partial charge in [0, 0.05) is 6.04 Å². The van der Waals surface area contributed by atoms with Crippen molar-refractivity contribution in [2.45, 2.75) is 64.0 Å². The van der Waals surface area contributed by atoms with Crippen LogP contribution in [0.4, 0.5) is 0 Å². The third-order valence-electron chi connectivity index (χ3n) is 3.45. The van der Waals surface area contributed by atoms with Crippen LogP contribution in [0.3, 0.4) is 0 Å². The first-order valence-electron chi connectivity index (χ1n) is 6.69. The van der Waals surface area contributed by atoms with Gasteiger partial charge in [-0.15, -0.1) is 0 Å². The van der Waals surface area contributed by atoms with Gasteiger partial charge < -0.3 is 10.4 Å². The van der Waals surface area contributed by atoms with E-state index in [1.807, 2.05) is 0 Å². The molecule has 0 saturated heterocycles. The van der Waals surface area contributed by atoms with Crippen LogP contribution in [0.1, 0.15) is 52.4 Å². The molecule has 5 nitrogen and oxygen atoms in total. The van der Waals surface area contributed by atoms with Gasteiger partial charge in [0.15, 0.2) is 0 Å². The lowest BCUT2D eigenvalue weighted by molar-refractivity contribution is -0.143. The highest BCUT2D eigenvalue weighted by Gasteiger charge is 2.27. The molecule has 18 heavy (non-hydrogen) atoms. The maximum absolute atomic E-state index is 11.7. The van der Waals surface area contributed by atoms with E-state index in [-0.39, 0.29) is 18.5 Å². The molecular weight excluding hydrogens is 232 g/mol. The Labute approximate surface area is 108 Å². The Kier molecular flexibility index (Phi) is 5.59. The first-order chi connectivity index (χ1) is 8.42. The van der Waals surface area contributed by atoms with Crippen molar-refractivity contribution in [2.75, 3.05) is 6.54 Å². The largest absolute Gasteiger partial charge is 0.480 e. The van der Waals surface area contributed by atoms with Crippen molar-refractivity contribution in [1.82, 2.24) is 10.6 Å². The third-order valence-corrected chi connectivity index (χ3v) is 3.45. The molecule has 0 aromatic heterocycles. The number of carbonyl (C=O) groups is 2. The van der Waals surface area contributed by atoms with E-state index in [0.717, 1.165) is 12.8 Å². The van der Waals surface area contributed by atoms with Crippen molar-refractivity contribution in [3.63, 3.8) is 0 Å². The minimum atomic E-state index is -1.07. The normalized spacial score (nSPS) is 18.1. The van der Waals surface area contributed by atoms with Gasteiger partial charge in [0.05, 0.1) is 6.54 Å². The zero-order chi connectivity index (χ0) is 13.6. The number of hydrogen-bond acceptors (Lipinski definition) is 3. The molecule has 1 saturated carbocycles. The van der Waals surface area contributed by atoms with Crippen molar-refractivity contribution in [1.29, 1.82) is 0 Å². The fraction of sp³-hybridized carbons (Fsp3) is 0.846. The van der Waals surface area contributed by atoms with Crippen LogP contribution >= 0.6 is 0 Å². The Bertz CT molecular complexity index is 295. The molecule has 0 bridgehead atoms. The van der Waals surface area contributed by atoms with Crippen LogP contribution in [0.2, 0.25) is 0 Å². The van der Waals surface area contributed by atoms with Gasteiger partial charge in [-0.1, -0.05) is 25.7 Å². The monoisotopic (exact) mass is 256 g/mol. The fourth-order valence-corrected chi connectivity index (χ4v) is 2.08. The standard InChI is InChI=1S/C13H24N2O3/c1-13(2,12(17)18)14-9-11(16)15-10-7-5-3-4-6-8-10/h10,14H,3-9H2,1-2H3,(H,15,16)(H,17,18). The number of carbonyl (C=O) groups excluding carboxylic acids is 1. The third kappa shape index (κ3) is 5.04. The Balaban J connectivity index is 2.30. The van der Waals surface area contributed by atoms with Crippen LogP contribution in [0.25, 0.3) is 0 Å². The van der Waals surface area contributed by atoms with Crippen molar-refractivity contribution in [3.8, 4) is 0 Å². The summed E-state index contributed by atoms with van der Waals surface area (Å²) in [7, 11) is 0. The molecule has 0 atom stereocenters. The van der Waals surface area contributed by atoms with Gasteiger partial charge in [-0.2, -0.15) is 0 Å². The highest BCUT2D eigenvalue weighted by atomic mass is 16.4. The number of carboxylic acids is 1. The van der Waals surface area contributed by atoms with Crippen LogP contribution in [0, 0.1) is 0 Å². The second-order valence-electron chi connectivity index (χ2n) is 5.54. The van der Waals surface area contributed by atoms with Gasteiger partial charge in [0.25, 0.3) is 0 Å². The summed E-state index contributed by atoms with van der Waals surface area (Å²) in [6.45, 7) is 3.15. The van der Waals surface area contributed by atoms with E-state index < -0.39 is 11.5 Å². The number of carboxylic acid groups (broad SMARTS) is 1. The first-order valence-corrected chi connectivity index (χ1v) is 6.69. The molecule has 0 unspecified atom stereocenters. The lowest BCUT2D eigenvalue weighted by atomic mass is 10.1. The molecule has 1 amide bonds. The van der Waals surface area contributed by atoms with Crippen LogP contribution in [-0.4, -0.2) is 35.1 Å². The van der Waals surface area contributed by atoms with Gasteiger partial charge in [-0.3, -0.25) is 14.9 Å². The van der Waals surface area contributed by atoms with Gasteiger partial charge in [0.1, 0.15) is 5.54 Å². The van der Waals surface area contributed by atoms with E-state index in [0.29, 0.717) is 0 Å². The molecule has 0 aromatic rings. The van der Waals surface area contributed by atoms with Crippen LogP contribution in [0.15, 0.2) is 0 Å². The number of nitrogens with one attached hydrogen (secondary N) is 2. The number of amides is 1. The summed E-state index contributed by atoms with van der Waals surface area (Å²) in [6.07, 6.45) is 6.90. The van der Waals surface area contributed by atoms with E-state index in [9.17, 15) is 9.59 Å². The van der Waals surface area contributed by atoms with E-state index >= 15 is 0 Å². The Hall–Kier alpha value is -1.10. The summed E-state index contributed by atoms with van der Waals surface area (Å²) in [5, 5.41) is 14.6. The molecule has 1 fully saturated rings. The SMILES string of the molecule is CC(C)(NCC(=O)NC1CCCCCC1)C(=O)O. The molecule has 104 valence electrons. The number of hydrogen-bond donors (Lipinski definition) is 3. The average Bonchev–Trinajstić information content (AvgIpc) is 2.55. The fourth-order valence-electron chi connectivity index (χ4n) is 2.08. The molecule has 1 aliphatic carbocycles. The molecule has 5 heteroatoms. The predicted molar refractivity (Wildman–Crippen MR) is 69.4 cm³/mol. The zero-order valence-corrected chi connectivity index (χ0v) is 11.3. The summed E-state index contributed by atoms with van der Waals surface area (Å²) in [6, 6.07) is 0.259.